The van der Waals surface area contributed by atoms with E-state index in [0.29, 0.717) is 36.6 Å². The maximum absolute atomic E-state index is 13.0. The van der Waals surface area contributed by atoms with Crippen molar-refractivity contribution < 1.29 is 14.3 Å². The first-order valence-corrected chi connectivity index (χ1v) is 18.5. The van der Waals surface area contributed by atoms with Crippen molar-refractivity contribution in [1.82, 2.24) is 10.6 Å². The maximum Gasteiger partial charge on any atom is 0.255 e. The molecule has 0 aliphatic carbocycles. The lowest BCUT2D eigenvalue weighted by Gasteiger charge is -2.14. The van der Waals surface area contributed by atoms with Gasteiger partial charge in [-0.05, 0) is 37.5 Å². The van der Waals surface area contributed by atoms with Gasteiger partial charge in [0.05, 0.1) is 12.2 Å². The number of benzene rings is 1. The minimum Gasteiger partial charge on any atom is -0.493 e. The largest absolute Gasteiger partial charge is 0.493 e. The second-order valence-corrected chi connectivity index (χ2v) is 12.5. The molecule has 1 aromatic rings. The van der Waals surface area contributed by atoms with Crippen molar-refractivity contribution in [1.29, 1.82) is 0 Å². The minimum atomic E-state index is -0.116. The van der Waals surface area contributed by atoms with E-state index in [1.165, 1.54) is 116 Å². The van der Waals surface area contributed by atoms with Gasteiger partial charge in [-0.3, -0.25) is 9.59 Å². The van der Waals surface area contributed by atoms with E-state index in [1.54, 1.807) is 18.2 Å². The summed E-state index contributed by atoms with van der Waals surface area (Å²) in [5, 5.41) is 6.10. The number of hydrogen-bond acceptors (Lipinski definition) is 3. The second kappa shape index (κ2) is 28.7. The highest BCUT2D eigenvalue weighted by atomic mass is 16.5. The van der Waals surface area contributed by atoms with E-state index in [9.17, 15) is 9.59 Å². The summed E-state index contributed by atoms with van der Waals surface area (Å²) in [4.78, 5) is 25.8. The Kier molecular flexibility index (Phi) is 26.0. The molecule has 1 rings (SSSR count). The van der Waals surface area contributed by atoms with Gasteiger partial charge >= 0.3 is 0 Å². The normalized spacial score (nSPS) is 11.0. The molecule has 248 valence electrons. The highest BCUT2D eigenvalue weighted by molar-refractivity contribution is 6.00. The van der Waals surface area contributed by atoms with E-state index >= 15 is 0 Å². The molecule has 0 bridgehead atoms. The van der Waals surface area contributed by atoms with Crippen molar-refractivity contribution >= 4 is 11.8 Å². The zero-order valence-corrected chi connectivity index (χ0v) is 28.5. The van der Waals surface area contributed by atoms with Gasteiger partial charge in [0.15, 0.2) is 0 Å². The lowest BCUT2D eigenvalue weighted by atomic mass is 10.0. The topological polar surface area (TPSA) is 67.4 Å². The lowest BCUT2D eigenvalue weighted by molar-refractivity contribution is 0.0937. The Morgan fingerprint density at radius 3 is 1.37 bits per heavy atom. The zero-order chi connectivity index (χ0) is 31.2. The van der Waals surface area contributed by atoms with Gasteiger partial charge in [-0.2, -0.15) is 0 Å². The predicted molar refractivity (Wildman–Crippen MR) is 184 cm³/mol. The first kappa shape index (κ1) is 39.0. The van der Waals surface area contributed by atoms with E-state index in [4.69, 9.17) is 4.74 Å². The summed E-state index contributed by atoms with van der Waals surface area (Å²) in [6, 6.07) is 5.26. The molecule has 2 N–H and O–H groups in total. The second-order valence-electron chi connectivity index (χ2n) is 12.5. The number of rotatable bonds is 30. The zero-order valence-electron chi connectivity index (χ0n) is 28.5. The quantitative estimate of drug-likeness (QED) is 0.0863. The molecule has 0 unspecified atom stereocenters. The molecule has 0 atom stereocenters. The van der Waals surface area contributed by atoms with E-state index in [-0.39, 0.29) is 11.8 Å². The maximum atomic E-state index is 13.0. The van der Waals surface area contributed by atoms with Crippen LogP contribution >= 0.6 is 0 Å². The standard InChI is InChI=1S/C38H68N2O3/c1-4-7-10-13-14-15-16-17-18-19-20-21-24-27-32-43-36-33-34(37(41)39-30-25-22-11-8-5-2)28-29-35(36)38(42)40-31-26-23-12-9-6-3/h28-29,33H,4-27,30-32H2,1-3H3,(H,39,41)(H,40,42). The number of unbranched alkanes of at least 4 members (excludes halogenated alkanes) is 21. The van der Waals surface area contributed by atoms with Crippen LogP contribution < -0.4 is 15.4 Å². The van der Waals surface area contributed by atoms with Crippen molar-refractivity contribution in [2.24, 2.45) is 0 Å². The van der Waals surface area contributed by atoms with E-state index in [1.807, 2.05) is 0 Å². The molecule has 0 fully saturated rings. The van der Waals surface area contributed by atoms with Gasteiger partial charge < -0.3 is 15.4 Å². The average molecular weight is 601 g/mol. The predicted octanol–water partition coefficient (Wildman–Crippen LogP) is 10.9. The number of carbonyl (C=O) groups is 2. The molecule has 0 aliphatic rings. The van der Waals surface area contributed by atoms with Crippen LogP contribution in [0.2, 0.25) is 0 Å². The van der Waals surface area contributed by atoms with Crippen LogP contribution in [0.4, 0.5) is 0 Å². The SMILES string of the molecule is CCCCCCCCCCCCCCCCOc1cc(C(=O)NCCCCCCC)ccc1C(=O)NCCCCCCC. The molecule has 1 aromatic carbocycles. The fourth-order valence-corrected chi connectivity index (χ4v) is 5.51. The summed E-state index contributed by atoms with van der Waals surface area (Å²) in [6.07, 6.45) is 30.0. The van der Waals surface area contributed by atoms with Crippen LogP contribution in [0.1, 0.15) is 196 Å². The van der Waals surface area contributed by atoms with E-state index < -0.39 is 0 Å². The number of nitrogens with one attached hydrogen (secondary N) is 2. The summed E-state index contributed by atoms with van der Waals surface area (Å²) in [5.41, 5.74) is 1.08. The Bertz CT molecular complexity index is 810. The number of hydrogen-bond donors (Lipinski definition) is 2. The monoisotopic (exact) mass is 601 g/mol. The smallest absolute Gasteiger partial charge is 0.255 e. The van der Waals surface area contributed by atoms with Crippen molar-refractivity contribution in [3.63, 3.8) is 0 Å². The molecular formula is C38H68N2O3. The Morgan fingerprint density at radius 2 is 0.907 bits per heavy atom. The first-order chi connectivity index (χ1) is 21.1. The molecule has 43 heavy (non-hydrogen) atoms. The average Bonchev–Trinajstić information content (AvgIpc) is 3.02. The van der Waals surface area contributed by atoms with Crippen LogP contribution in [-0.4, -0.2) is 31.5 Å². The van der Waals surface area contributed by atoms with Crippen LogP contribution in [0.15, 0.2) is 18.2 Å². The van der Waals surface area contributed by atoms with Crippen molar-refractivity contribution in [3.8, 4) is 5.75 Å². The summed E-state index contributed by atoms with van der Waals surface area (Å²) in [7, 11) is 0. The van der Waals surface area contributed by atoms with Crippen LogP contribution in [-0.2, 0) is 0 Å². The summed E-state index contributed by atoms with van der Waals surface area (Å²) >= 11 is 0. The third kappa shape index (κ3) is 21.3. The first-order valence-electron chi connectivity index (χ1n) is 18.5. The van der Waals surface area contributed by atoms with Crippen molar-refractivity contribution in [2.75, 3.05) is 19.7 Å². The summed E-state index contributed by atoms with van der Waals surface area (Å²) in [5.74, 6) is 0.308. The fraction of sp³-hybridized carbons (Fsp3) is 0.789. The highest BCUT2D eigenvalue weighted by Gasteiger charge is 2.16. The molecule has 5 heteroatoms. The lowest BCUT2D eigenvalue weighted by Crippen LogP contribution is -2.26. The summed E-state index contributed by atoms with van der Waals surface area (Å²) in [6.45, 7) is 8.61. The third-order valence-electron chi connectivity index (χ3n) is 8.38. The molecule has 0 aliphatic heterocycles. The Hall–Kier alpha value is -2.04. The molecule has 0 saturated carbocycles. The van der Waals surface area contributed by atoms with Gasteiger partial charge in [0.25, 0.3) is 11.8 Å². The van der Waals surface area contributed by atoms with E-state index in [2.05, 4.69) is 31.4 Å². The highest BCUT2D eigenvalue weighted by Crippen LogP contribution is 2.22. The van der Waals surface area contributed by atoms with Crippen molar-refractivity contribution in [3.05, 3.63) is 29.3 Å². The summed E-state index contributed by atoms with van der Waals surface area (Å²) < 4.78 is 6.14. The molecule has 0 spiro atoms. The van der Waals surface area contributed by atoms with E-state index in [0.717, 1.165) is 38.5 Å². The molecule has 5 nitrogen and oxygen atoms in total. The number of carbonyl (C=O) groups excluding carboxylic acids is 2. The van der Waals surface area contributed by atoms with Crippen LogP contribution in [0.5, 0.6) is 5.75 Å². The molecule has 0 saturated heterocycles. The molecule has 0 heterocycles. The van der Waals surface area contributed by atoms with Gasteiger partial charge in [-0.25, -0.2) is 0 Å². The molecular weight excluding hydrogens is 532 g/mol. The Labute approximate surface area is 266 Å². The van der Waals surface area contributed by atoms with Gasteiger partial charge in [0.2, 0.25) is 0 Å². The van der Waals surface area contributed by atoms with Crippen molar-refractivity contribution in [2.45, 2.75) is 175 Å². The van der Waals surface area contributed by atoms with Gasteiger partial charge in [-0.15, -0.1) is 0 Å². The number of amides is 2. The van der Waals surface area contributed by atoms with Gasteiger partial charge in [0, 0.05) is 18.7 Å². The Balaban J connectivity index is 2.44. The minimum absolute atomic E-state index is 0.0975. The van der Waals surface area contributed by atoms with Crippen LogP contribution in [0.3, 0.4) is 0 Å². The Morgan fingerprint density at radius 1 is 0.512 bits per heavy atom. The van der Waals surface area contributed by atoms with Crippen LogP contribution in [0.25, 0.3) is 0 Å². The van der Waals surface area contributed by atoms with Gasteiger partial charge in [0.1, 0.15) is 5.75 Å². The fourth-order valence-electron chi connectivity index (χ4n) is 5.51. The third-order valence-corrected chi connectivity index (χ3v) is 8.38. The van der Waals surface area contributed by atoms with Gasteiger partial charge in [-0.1, -0.05) is 156 Å². The molecule has 2 amide bonds. The molecule has 0 radical (unpaired) electrons. The van der Waals surface area contributed by atoms with Crippen LogP contribution in [0, 0.1) is 0 Å². The molecule has 0 aromatic heterocycles. The number of ether oxygens (including phenoxy) is 1.